The molecule has 0 aliphatic rings. The van der Waals surface area contributed by atoms with Gasteiger partial charge in [0.2, 0.25) is 5.91 Å². The third-order valence-electron chi connectivity index (χ3n) is 2.88. The monoisotopic (exact) mass is 273 g/mol. The van der Waals surface area contributed by atoms with Crippen LogP contribution in [0, 0.1) is 5.41 Å². The van der Waals surface area contributed by atoms with Crippen molar-refractivity contribution in [3.8, 4) is 11.4 Å². The number of aromatic nitrogens is 4. The number of carbonyl (C=O) groups excluding carboxylic acids is 1. The van der Waals surface area contributed by atoms with Gasteiger partial charge in [0.15, 0.2) is 5.82 Å². The molecular formula is C14H19N5O. The van der Waals surface area contributed by atoms with E-state index in [-0.39, 0.29) is 11.9 Å². The molecule has 0 aromatic carbocycles. The van der Waals surface area contributed by atoms with Gasteiger partial charge in [-0.2, -0.15) is 5.10 Å². The Morgan fingerprint density at radius 2 is 1.95 bits per heavy atom. The van der Waals surface area contributed by atoms with Crippen molar-refractivity contribution in [3.63, 3.8) is 0 Å². The molecule has 0 saturated carbocycles. The second kappa shape index (κ2) is 5.40. The molecule has 2 heterocycles. The third-order valence-corrected chi connectivity index (χ3v) is 2.88. The lowest BCUT2D eigenvalue weighted by Crippen LogP contribution is -2.36. The molecule has 1 unspecified atom stereocenters. The largest absolute Gasteiger partial charge is 0.346 e. The molecule has 2 rings (SSSR count). The smallest absolute Gasteiger partial charge is 0.225 e. The van der Waals surface area contributed by atoms with Gasteiger partial charge in [0.1, 0.15) is 5.82 Å². The Bertz CT molecular complexity index is 585. The molecule has 0 aliphatic heterocycles. The quantitative estimate of drug-likeness (QED) is 0.897. The maximum atomic E-state index is 11.9. The molecule has 2 aromatic heterocycles. The predicted molar refractivity (Wildman–Crippen MR) is 75.6 cm³/mol. The van der Waals surface area contributed by atoms with Crippen molar-refractivity contribution in [2.75, 3.05) is 0 Å². The fourth-order valence-electron chi connectivity index (χ4n) is 1.58. The van der Waals surface area contributed by atoms with E-state index in [2.05, 4.69) is 25.5 Å². The van der Waals surface area contributed by atoms with Crippen LogP contribution in [-0.4, -0.2) is 26.1 Å². The molecule has 0 saturated heterocycles. The summed E-state index contributed by atoms with van der Waals surface area (Å²) in [6, 6.07) is 3.46. The predicted octanol–water partition coefficient (Wildman–Crippen LogP) is 2.09. The van der Waals surface area contributed by atoms with Crippen molar-refractivity contribution in [2.45, 2.75) is 33.7 Å². The summed E-state index contributed by atoms with van der Waals surface area (Å²) >= 11 is 0. The van der Waals surface area contributed by atoms with Crippen LogP contribution in [0.15, 0.2) is 24.5 Å². The number of aromatic amines is 1. The lowest BCUT2D eigenvalue weighted by Gasteiger charge is -2.20. The summed E-state index contributed by atoms with van der Waals surface area (Å²) in [5.74, 6) is 1.21. The minimum absolute atomic E-state index is 0.0214. The molecule has 0 aliphatic carbocycles. The van der Waals surface area contributed by atoms with Crippen LogP contribution >= 0.6 is 0 Å². The van der Waals surface area contributed by atoms with E-state index in [4.69, 9.17) is 0 Å². The molecule has 20 heavy (non-hydrogen) atoms. The van der Waals surface area contributed by atoms with E-state index in [0.717, 1.165) is 5.56 Å². The summed E-state index contributed by atoms with van der Waals surface area (Å²) in [7, 11) is 0. The summed E-state index contributed by atoms with van der Waals surface area (Å²) in [6.07, 6.45) is 3.38. The third kappa shape index (κ3) is 3.20. The number of nitrogens with zero attached hydrogens (tertiary/aromatic N) is 3. The summed E-state index contributed by atoms with van der Waals surface area (Å²) < 4.78 is 0. The molecule has 2 N–H and O–H groups in total. The van der Waals surface area contributed by atoms with Gasteiger partial charge in [0.05, 0.1) is 6.04 Å². The van der Waals surface area contributed by atoms with Gasteiger partial charge in [-0.25, -0.2) is 4.98 Å². The highest BCUT2D eigenvalue weighted by Crippen LogP contribution is 2.18. The average Bonchev–Trinajstić information content (AvgIpc) is 2.88. The van der Waals surface area contributed by atoms with Gasteiger partial charge in [-0.15, -0.1) is 0 Å². The van der Waals surface area contributed by atoms with Gasteiger partial charge in [0.25, 0.3) is 0 Å². The molecular weight excluding hydrogens is 254 g/mol. The van der Waals surface area contributed by atoms with Gasteiger partial charge in [-0.1, -0.05) is 20.8 Å². The second-order valence-corrected chi connectivity index (χ2v) is 5.73. The van der Waals surface area contributed by atoms with Crippen molar-refractivity contribution in [1.29, 1.82) is 0 Å². The number of pyridine rings is 1. The molecule has 0 radical (unpaired) electrons. The van der Waals surface area contributed by atoms with Crippen LogP contribution in [0.25, 0.3) is 11.4 Å². The van der Waals surface area contributed by atoms with Gasteiger partial charge in [0, 0.05) is 23.4 Å². The van der Waals surface area contributed by atoms with Crippen LogP contribution < -0.4 is 5.32 Å². The zero-order valence-corrected chi connectivity index (χ0v) is 12.1. The standard InChI is InChI=1S/C14H19N5O/c1-9(16-13(20)14(2,3)4)11-17-12(19-18-11)10-5-7-15-8-6-10/h5-9H,1-4H3,(H,16,20)(H,17,18,19). The van der Waals surface area contributed by atoms with Crippen LogP contribution in [0.2, 0.25) is 0 Å². The van der Waals surface area contributed by atoms with Crippen LogP contribution in [0.5, 0.6) is 0 Å². The molecule has 6 heteroatoms. The Morgan fingerprint density at radius 3 is 2.55 bits per heavy atom. The summed E-state index contributed by atoms with van der Waals surface area (Å²) in [5.41, 5.74) is 0.458. The Balaban J connectivity index is 2.11. The fraction of sp³-hybridized carbons (Fsp3) is 0.429. The maximum absolute atomic E-state index is 11.9. The van der Waals surface area contributed by atoms with Crippen LogP contribution in [0.1, 0.15) is 39.6 Å². The second-order valence-electron chi connectivity index (χ2n) is 5.73. The first kappa shape index (κ1) is 14.2. The Morgan fingerprint density at radius 1 is 1.30 bits per heavy atom. The maximum Gasteiger partial charge on any atom is 0.225 e. The molecule has 0 fully saturated rings. The van der Waals surface area contributed by atoms with Crippen LogP contribution in [0.4, 0.5) is 0 Å². The van der Waals surface area contributed by atoms with Crippen molar-refractivity contribution in [3.05, 3.63) is 30.4 Å². The zero-order chi connectivity index (χ0) is 14.8. The minimum Gasteiger partial charge on any atom is -0.346 e. The van der Waals surface area contributed by atoms with E-state index in [1.165, 1.54) is 0 Å². The Labute approximate surface area is 118 Å². The van der Waals surface area contributed by atoms with Crippen molar-refractivity contribution in [2.24, 2.45) is 5.41 Å². The first-order chi connectivity index (χ1) is 9.38. The molecule has 0 bridgehead atoms. The highest BCUT2D eigenvalue weighted by atomic mass is 16.2. The van der Waals surface area contributed by atoms with Gasteiger partial charge in [-0.05, 0) is 19.1 Å². The van der Waals surface area contributed by atoms with Crippen molar-refractivity contribution in [1.82, 2.24) is 25.5 Å². The molecule has 1 amide bonds. The number of rotatable bonds is 3. The molecule has 6 nitrogen and oxygen atoms in total. The Kier molecular flexibility index (Phi) is 3.83. The summed E-state index contributed by atoms with van der Waals surface area (Å²) in [5, 5.41) is 9.94. The van der Waals surface area contributed by atoms with Gasteiger partial charge in [-0.3, -0.25) is 14.9 Å². The van der Waals surface area contributed by atoms with Gasteiger partial charge >= 0.3 is 0 Å². The lowest BCUT2D eigenvalue weighted by atomic mass is 9.95. The molecule has 1 atom stereocenters. The first-order valence-electron chi connectivity index (χ1n) is 6.51. The highest BCUT2D eigenvalue weighted by molar-refractivity contribution is 5.81. The average molecular weight is 273 g/mol. The van der Waals surface area contributed by atoms with E-state index in [1.54, 1.807) is 12.4 Å². The summed E-state index contributed by atoms with van der Waals surface area (Å²) in [6.45, 7) is 7.49. The van der Waals surface area contributed by atoms with E-state index < -0.39 is 5.41 Å². The summed E-state index contributed by atoms with van der Waals surface area (Å²) in [4.78, 5) is 20.3. The minimum atomic E-state index is -0.428. The van der Waals surface area contributed by atoms with Crippen molar-refractivity contribution < 1.29 is 4.79 Å². The van der Waals surface area contributed by atoms with Crippen LogP contribution in [0.3, 0.4) is 0 Å². The zero-order valence-electron chi connectivity index (χ0n) is 12.1. The SMILES string of the molecule is CC(NC(=O)C(C)(C)C)c1nc(-c2ccncc2)n[nH]1. The number of hydrogen-bond acceptors (Lipinski definition) is 4. The molecule has 2 aromatic rings. The topological polar surface area (TPSA) is 83.6 Å². The van der Waals surface area contributed by atoms with Crippen LogP contribution in [-0.2, 0) is 4.79 Å². The number of amides is 1. The van der Waals surface area contributed by atoms with Gasteiger partial charge < -0.3 is 5.32 Å². The van der Waals surface area contributed by atoms with E-state index in [0.29, 0.717) is 11.6 Å². The number of H-pyrrole nitrogens is 1. The van der Waals surface area contributed by atoms with E-state index >= 15 is 0 Å². The number of nitrogens with one attached hydrogen (secondary N) is 2. The number of hydrogen-bond donors (Lipinski definition) is 2. The highest BCUT2D eigenvalue weighted by Gasteiger charge is 2.24. The first-order valence-corrected chi connectivity index (χ1v) is 6.51. The lowest BCUT2D eigenvalue weighted by molar-refractivity contribution is -0.129. The normalized spacial score (nSPS) is 13.0. The Hall–Kier alpha value is -2.24. The molecule has 0 spiro atoms. The molecule has 106 valence electrons. The number of carbonyl (C=O) groups is 1. The van der Waals surface area contributed by atoms with E-state index in [9.17, 15) is 4.79 Å². The fourth-order valence-corrected chi connectivity index (χ4v) is 1.58. The van der Waals surface area contributed by atoms with E-state index in [1.807, 2.05) is 39.8 Å². The van der Waals surface area contributed by atoms with Crippen molar-refractivity contribution >= 4 is 5.91 Å².